The smallest absolute Gasteiger partial charge is 0.252 e. The standard InChI is InChI=1S/C25H34N6O2/c1-3-23(24-27-28-29-31(24)16-21-9-6-12-33-21)30(20-7-4-5-8-20)15-19-14-18-11-10-17(2)13-22(18)26-25(19)32/h10-11,13-14,20-21,23H,3-9,12,15-16H2,1-2H3,(H,26,32)/t21-,23-/m1/s1. The molecule has 1 saturated heterocycles. The highest BCUT2D eigenvalue weighted by Gasteiger charge is 2.33. The average molecular weight is 451 g/mol. The molecule has 2 aliphatic rings. The first-order chi connectivity index (χ1) is 16.1. The first kappa shape index (κ1) is 22.2. The van der Waals surface area contributed by atoms with Crippen molar-refractivity contribution in [3.05, 3.63) is 51.6 Å². The number of aromatic amines is 1. The molecule has 5 rings (SSSR count). The van der Waals surface area contributed by atoms with Crippen LogP contribution in [0.1, 0.15) is 74.9 Å². The summed E-state index contributed by atoms with van der Waals surface area (Å²) in [5.41, 5.74) is 2.83. The molecule has 1 N–H and O–H groups in total. The Bertz CT molecular complexity index is 1140. The number of aryl methyl sites for hydroxylation is 1. The fourth-order valence-corrected chi connectivity index (χ4v) is 5.53. The van der Waals surface area contributed by atoms with Crippen LogP contribution in [-0.4, -0.2) is 48.8 Å². The van der Waals surface area contributed by atoms with Crippen LogP contribution < -0.4 is 5.56 Å². The molecule has 0 amide bonds. The molecule has 1 aliphatic carbocycles. The van der Waals surface area contributed by atoms with Gasteiger partial charge in [0.15, 0.2) is 5.82 Å². The molecular formula is C25H34N6O2. The third kappa shape index (κ3) is 4.73. The van der Waals surface area contributed by atoms with Gasteiger partial charge in [0, 0.05) is 30.3 Å². The largest absolute Gasteiger partial charge is 0.376 e. The molecule has 33 heavy (non-hydrogen) atoms. The average Bonchev–Trinajstić information content (AvgIpc) is 3.58. The second kappa shape index (κ2) is 9.73. The van der Waals surface area contributed by atoms with Gasteiger partial charge in [0.05, 0.1) is 18.7 Å². The molecule has 8 heteroatoms. The molecule has 3 heterocycles. The molecule has 2 fully saturated rings. The summed E-state index contributed by atoms with van der Waals surface area (Å²) in [5, 5.41) is 13.9. The molecule has 0 bridgehead atoms. The topological polar surface area (TPSA) is 88.9 Å². The Labute approximate surface area is 194 Å². The first-order valence-electron chi connectivity index (χ1n) is 12.4. The predicted molar refractivity (Wildman–Crippen MR) is 127 cm³/mol. The fourth-order valence-electron chi connectivity index (χ4n) is 5.53. The Morgan fingerprint density at radius 2 is 2.06 bits per heavy atom. The van der Waals surface area contributed by atoms with Gasteiger partial charge in [0.2, 0.25) is 0 Å². The minimum Gasteiger partial charge on any atom is -0.376 e. The van der Waals surface area contributed by atoms with Gasteiger partial charge in [0.1, 0.15) is 0 Å². The zero-order valence-electron chi connectivity index (χ0n) is 19.7. The zero-order chi connectivity index (χ0) is 22.8. The van der Waals surface area contributed by atoms with Crippen molar-refractivity contribution < 1.29 is 4.74 Å². The summed E-state index contributed by atoms with van der Waals surface area (Å²) in [6.07, 6.45) is 7.95. The van der Waals surface area contributed by atoms with Crippen molar-refractivity contribution in [1.29, 1.82) is 0 Å². The maximum absolute atomic E-state index is 13.0. The van der Waals surface area contributed by atoms with E-state index in [-0.39, 0.29) is 17.7 Å². The van der Waals surface area contributed by atoms with Crippen LogP contribution in [0, 0.1) is 6.92 Å². The number of rotatable bonds is 8. The lowest BCUT2D eigenvalue weighted by atomic mass is 10.0. The number of aromatic nitrogens is 5. The van der Waals surface area contributed by atoms with Crippen molar-refractivity contribution in [2.24, 2.45) is 0 Å². The lowest BCUT2D eigenvalue weighted by Crippen LogP contribution is -2.39. The van der Waals surface area contributed by atoms with E-state index in [1.807, 2.05) is 17.7 Å². The number of benzene rings is 1. The van der Waals surface area contributed by atoms with E-state index in [9.17, 15) is 4.79 Å². The fraction of sp³-hybridized carbons (Fsp3) is 0.600. The third-order valence-electron chi connectivity index (χ3n) is 7.27. The van der Waals surface area contributed by atoms with Crippen LogP contribution in [0.3, 0.4) is 0 Å². The van der Waals surface area contributed by atoms with E-state index in [1.165, 1.54) is 12.8 Å². The van der Waals surface area contributed by atoms with Crippen molar-refractivity contribution in [2.75, 3.05) is 6.61 Å². The molecule has 0 unspecified atom stereocenters. The Morgan fingerprint density at radius 1 is 1.21 bits per heavy atom. The van der Waals surface area contributed by atoms with Crippen molar-refractivity contribution in [3.8, 4) is 0 Å². The van der Waals surface area contributed by atoms with Gasteiger partial charge in [-0.25, -0.2) is 4.68 Å². The normalized spacial score (nSPS) is 20.3. The zero-order valence-corrected chi connectivity index (χ0v) is 19.7. The SMILES string of the molecule is CC[C@H](c1nnnn1C[C@H]1CCCO1)N(Cc1cc2ccc(C)cc2[nH]c1=O)C1CCCC1. The molecule has 2 atom stereocenters. The lowest BCUT2D eigenvalue weighted by molar-refractivity contribution is 0.0839. The van der Waals surface area contributed by atoms with E-state index in [1.54, 1.807) is 0 Å². The van der Waals surface area contributed by atoms with Crippen LogP contribution in [0.5, 0.6) is 0 Å². The molecule has 0 spiro atoms. The van der Waals surface area contributed by atoms with Gasteiger partial charge in [-0.05, 0) is 72.5 Å². The molecule has 1 aromatic carbocycles. The van der Waals surface area contributed by atoms with Gasteiger partial charge in [-0.2, -0.15) is 0 Å². The van der Waals surface area contributed by atoms with Crippen molar-refractivity contribution in [3.63, 3.8) is 0 Å². The van der Waals surface area contributed by atoms with Crippen molar-refractivity contribution >= 4 is 10.9 Å². The van der Waals surface area contributed by atoms with Crippen LogP contribution >= 0.6 is 0 Å². The molecule has 3 aromatic rings. The van der Waals surface area contributed by atoms with Gasteiger partial charge in [0.25, 0.3) is 5.56 Å². The second-order valence-electron chi connectivity index (χ2n) is 9.60. The van der Waals surface area contributed by atoms with Crippen LogP contribution in [-0.2, 0) is 17.8 Å². The second-order valence-corrected chi connectivity index (χ2v) is 9.60. The number of hydrogen-bond donors (Lipinski definition) is 1. The Balaban J connectivity index is 1.47. The summed E-state index contributed by atoms with van der Waals surface area (Å²) in [6.45, 7) is 6.32. The van der Waals surface area contributed by atoms with Crippen LogP contribution in [0.15, 0.2) is 29.1 Å². The van der Waals surface area contributed by atoms with E-state index >= 15 is 0 Å². The highest BCUT2D eigenvalue weighted by atomic mass is 16.5. The third-order valence-corrected chi connectivity index (χ3v) is 7.27. The number of ether oxygens (including phenoxy) is 1. The van der Waals surface area contributed by atoms with E-state index in [2.05, 4.69) is 50.5 Å². The molecule has 1 aliphatic heterocycles. The lowest BCUT2D eigenvalue weighted by Gasteiger charge is -2.35. The van der Waals surface area contributed by atoms with Gasteiger partial charge in [-0.1, -0.05) is 31.9 Å². The highest BCUT2D eigenvalue weighted by molar-refractivity contribution is 5.79. The minimum absolute atomic E-state index is 0.00935. The summed E-state index contributed by atoms with van der Waals surface area (Å²) in [6, 6.07) is 8.74. The number of pyridine rings is 1. The summed E-state index contributed by atoms with van der Waals surface area (Å²) < 4.78 is 7.77. The first-order valence-corrected chi connectivity index (χ1v) is 12.4. The van der Waals surface area contributed by atoms with Crippen molar-refractivity contribution in [2.45, 2.75) is 90.1 Å². The molecule has 8 nitrogen and oxygen atoms in total. The molecule has 2 aromatic heterocycles. The predicted octanol–water partition coefficient (Wildman–Crippen LogP) is 3.90. The Morgan fingerprint density at radius 3 is 2.82 bits per heavy atom. The molecule has 1 saturated carbocycles. The van der Waals surface area contributed by atoms with Gasteiger partial charge in [-0.15, -0.1) is 5.10 Å². The Hall–Kier alpha value is -2.58. The maximum Gasteiger partial charge on any atom is 0.252 e. The van der Waals surface area contributed by atoms with Crippen LogP contribution in [0.2, 0.25) is 0 Å². The van der Waals surface area contributed by atoms with E-state index in [4.69, 9.17) is 4.74 Å². The number of tetrazole rings is 1. The number of H-pyrrole nitrogens is 1. The molecule has 0 radical (unpaired) electrons. The van der Waals surface area contributed by atoms with Crippen molar-refractivity contribution in [1.82, 2.24) is 30.1 Å². The van der Waals surface area contributed by atoms with Gasteiger partial charge in [-0.3, -0.25) is 9.69 Å². The number of nitrogens with one attached hydrogen (secondary N) is 1. The molecular weight excluding hydrogens is 416 g/mol. The minimum atomic E-state index is -0.00935. The summed E-state index contributed by atoms with van der Waals surface area (Å²) >= 11 is 0. The Kier molecular flexibility index (Phi) is 6.55. The van der Waals surface area contributed by atoms with Gasteiger partial charge >= 0.3 is 0 Å². The number of hydrogen-bond acceptors (Lipinski definition) is 6. The van der Waals surface area contributed by atoms with Crippen LogP contribution in [0.4, 0.5) is 0 Å². The summed E-state index contributed by atoms with van der Waals surface area (Å²) in [7, 11) is 0. The maximum atomic E-state index is 13.0. The highest BCUT2D eigenvalue weighted by Crippen LogP contribution is 2.34. The monoisotopic (exact) mass is 450 g/mol. The van der Waals surface area contributed by atoms with Gasteiger partial charge < -0.3 is 9.72 Å². The number of nitrogens with zero attached hydrogens (tertiary/aromatic N) is 5. The summed E-state index contributed by atoms with van der Waals surface area (Å²) in [4.78, 5) is 18.6. The molecule has 176 valence electrons. The van der Waals surface area contributed by atoms with E-state index in [0.717, 1.165) is 66.6 Å². The van der Waals surface area contributed by atoms with Crippen LogP contribution in [0.25, 0.3) is 10.9 Å². The van der Waals surface area contributed by atoms with E-state index in [0.29, 0.717) is 19.1 Å². The number of fused-ring (bicyclic) bond motifs is 1. The quantitative estimate of drug-likeness (QED) is 0.560. The van der Waals surface area contributed by atoms with E-state index < -0.39 is 0 Å². The summed E-state index contributed by atoms with van der Waals surface area (Å²) in [5.74, 6) is 0.882.